The Morgan fingerprint density at radius 2 is 2.03 bits per heavy atom. The molecular weight excluding hydrogens is 416 g/mol. The number of nitrogens with zero attached hydrogens (tertiary/aromatic N) is 3. The van der Waals surface area contributed by atoms with Crippen LogP contribution in [0.4, 0.5) is 0 Å². The lowest BCUT2D eigenvalue weighted by molar-refractivity contribution is 0.0536. The van der Waals surface area contributed by atoms with E-state index in [1.165, 1.54) is 12.4 Å². The predicted molar refractivity (Wildman–Crippen MR) is 121 cm³/mol. The number of aromatic nitrogens is 2. The average Bonchev–Trinajstić information content (AvgIpc) is 2.76. The van der Waals surface area contributed by atoms with E-state index in [9.17, 15) is 4.79 Å². The lowest BCUT2D eigenvalue weighted by Crippen LogP contribution is -2.28. The van der Waals surface area contributed by atoms with E-state index in [-0.39, 0.29) is 17.7 Å². The standard InChI is InChI=1S/C22H28N4O4S/c1-22(6-11-31-21(23)26-22)17-5-3-4-16(12-17)13-19(27)18-14-25-20(15-24-18)30-10-9-29-8-7-28-2/h3-5,12,14-15H,6-11,13H2,1-2H3,(H2,23,26)/t22-/m0/s1. The molecule has 0 unspecified atom stereocenters. The van der Waals surface area contributed by atoms with Gasteiger partial charge in [-0.2, -0.15) is 0 Å². The van der Waals surface area contributed by atoms with Crippen molar-refractivity contribution in [2.75, 3.05) is 39.3 Å². The Morgan fingerprint density at radius 3 is 2.77 bits per heavy atom. The van der Waals surface area contributed by atoms with Gasteiger partial charge in [-0.05, 0) is 24.5 Å². The maximum atomic E-state index is 12.7. The van der Waals surface area contributed by atoms with Crippen molar-refractivity contribution in [1.82, 2.24) is 9.97 Å². The molecule has 0 amide bonds. The summed E-state index contributed by atoms with van der Waals surface area (Å²) in [6.07, 6.45) is 4.04. The molecule has 0 radical (unpaired) electrons. The summed E-state index contributed by atoms with van der Waals surface area (Å²) in [7, 11) is 1.62. The quantitative estimate of drug-likeness (QED) is 0.416. The van der Waals surface area contributed by atoms with Crippen LogP contribution in [0.3, 0.4) is 0 Å². The van der Waals surface area contributed by atoms with Gasteiger partial charge in [-0.1, -0.05) is 36.0 Å². The molecule has 0 saturated heterocycles. The molecule has 9 heteroatoms. The van der Waals surface area contributed by atoms with Gasteiger partial charge in [0, 0.05) is 19.3 Å². The second-order valence-electron chi connectivity index (χ2n) is 7.32. The number of rotatable bonds is 11. The summed E-state index contributed by atoms with van der Waals surface area (Å²) in [4.78, 5) is 25.7. The molecule has 0 bridgehead atoms. The molecule has 2 heterocycles. The normalized spacial score (nSPS) is 18.5. The van der Waals surface area contributed by atoms with Crippen LogP contribution in [0, 0.1) is 0 Å². The molecule has 8 nitrogen and oxygen atoms in total. The summed E-state index contributed by atoms with van der Waals surface area (Å²) in [5, 5.41) is 0.606. The topological polar surface area (TPSA) is 109 Å². The van der Waals surface area contributed by atoms with Crippen molar-refractivity contribution in [1.29, 1.82) is 0 Å². The zero-order valence-corrected chi connectivity index (χ0v) is 18.7. The van der Waals surface area contributed by atoms with Crippen LogP contribution < -0.4 is 10.5 Å². The number of methoxy groups -OCH3 is 1. The number of nitrogens with two attached hydrogens (primary N) is 1. The SMILES string of the molecule is COCCOCCOc1cnc(C(=O)Cc2cccc([C@]3(C)CCSC(N)=N3)c2)cn1. The molecule has 2 aromatic rings. The Balaban J connectivity index is 1.56. The molecule has 0 fully saturated rings. The first-order valence-electron chi connectivity index (χ1n) is 10.1. The molecule has 0 aliphatic carbocycles. The van der Waals surface area contributed by atoms with Gasteiger partial charge in [0.25, 0.3) is 0 Å². The van der Waals surface area contributed by atoms with Crippen LogP contribution >= 0.6 is 11.8 Å². The number of aliphatic imine (C=N–C) groups is 1. The van der Waals surface area contributed by atoms with Gasteiger partial charge in [0.05, 0.1) is 37.8 Å². The van der Waals surface area contributed by atoms with Gasteiger partial charge in [0.1, 0.15) is 12.3 Å². The summed E-state index contributed by atoms with van der Waals surface area (Å²) >= 11 is 1.57. The highest BCUT2D eigenvalue weighted by Crippen LogP contribution is 2.35. The summed E-state index contributed by atoms with van der Waals surface area (Å²) in [5.41, 5.74) is 7.84. The number of carbonyl (C=O) groups excluding carboxylic acids is 1. The highest BCUT2D eigenvalue weighted by Gasteiger charge is 2.29. The maximum Gasteiger partial charge on any atom is 0.232 e. The Kier molecular flexibility index (Phi) is 8.39. The third-order valence-corrected chi connectivity index (χ3v) is 5.73. The van der Waals surface area contributed by atoms with Crippen LogP contribution in [0.5, 0.6) is 5.88 Å². The van der Waals surface area contributed by atoms with Gasteiger partial charge in [0.2, 0.25) is 5.88 Å². The van der Waals surface area contributed by atoms with Crippen molar-refractivity contribution in [2.24, 2.45) is 10.7 Å². The fraction of sp³-hybridized carbons (Fsp3) is 0.455. The maximum absolute atomic E-state index is 12.7. The number of benzene rings is 1. The molecule has 1 aromatic carbocycles. The Bertz CT molecular complexity index is 907. The number of Topliss-reactive ketones (excluding diaryl/α,β-unsaturated/α-hetero) is 1. The van der Waals surface area contributed by atoms with Crippen molar-refractivity contribution in [3.8, 4) is 5.88 Å². The van der Waals surface area contributed by atoms with Gasteiger partial charge in [-0.3, -0.25) is 9.79 Å². The molecule has 1 aromatic heterocycles. The van der Waals surface area contributed by atoms with E-state index in [1.807, 2.05) is 24.3 Å². The van der Waals surface area contributed by atoms with Crippen molar-refractivity contribution < 1.29 is 19.0 Å². The summed E-state index contributed by atoms with van der Waals surface area (Å²) in [5.74, 6) is 1.18. The van der Waals surface area contributed by atoms with Crippen molar-refractivity contribution in [3.05, 3.63) is 53.5 Å². The first-order chi connectivity index (χ1) is 15.0. The summed E-state index contributed by atoms with van der Waals surface area (Å²) in [6.45, 7) is 3.91. The van der Waals surface area contributed by atoms with E-state index in [0.717, 1.165) is 23.3 Å². The van der Waals surface area contributed by atoms with Crippen LogP contribution in [0.25, 0.3) is 0 Å². The van der Waals surface area contributed by atoms with E-state index in [0.29, 0.717) is 43.2 Å². The summed E-state index contributed by atoms with van der Waals surface area (Å²) < 4.78 is 15.7. The summed E-state index contributed by atoms with van der Waals surface area (Å²) in [6, 6.07) is 7.95. The lowest BCUT2D eigenvalue weighted by Gasteiger charge is -2.30. The lowest BCUT2D eigenvalue weighted by atomic mass is 9.88. The fourth-order valence-electron chi connectivity index (χ4n) is 3.17. The smallest absolute Gasteiger partial charge is 0.232 e. The fourth-order valence-corrected chi connectivity index (χ4v) is 4.15. The highest BCUT2D eigenvalue weighted by atomic mass is 32.2. The number of hydrogen-bond donors (Lipinski definition) is 1. The number of carbonyl (C=O) groups is 1. The van der Waals surface area contributed by atoms with Gasteiger partial charge in [-0.25, -0.2) is 9.97 Å². The molecule has 0 saturated carbocycles. The molecule has 166 valence electrons. The average molecular weight is 445 g/mol. The van der Waals surface area contributed by atoms with E-state index in [2.05, 4.69) is 21.9 Å². The molecule has 1 atom stereocenters. The number of thioether (sulfide) groups is 1. The van der Waals surface area contributed by atoms with Crippen molar-refractivity contribution in [2.45, 2.75) is 25.3 Å². The number of ether oxygens (including phenoxy) is 3. The molecule has 2 N–H and O–H groups in total. The number of ketones is 1. The van der Waals surface area contributed by atoms with Gasteiger partial charge < -0.3 is 19.9 Å². The molecule has 1 aliphatic rings. The largest absolute Gasteiger partial charge is 0.474 e. The Morgan fingerprint density at radius 1 is 1.19 bits per heavy atom. The van der Waals surface area contributed by atoms with E-state index >= 15 is 0 Å². The van der Waals surface area contributed by atoms with Crippen LogP contribution in [0.15, 0.2) is 41.7 Å². The predicted octanol–water partition coefficient (Wildman–Crippen LogP) is 2.61. The van der Waals surface area contributed by atoms with E-state index in [1.54, 1.807) is 18.9 Å². The molecule has 3 rings (SSSR count). The van der Waals surface area contributed by atoms with E-state index < -0.39 is 0 Å². The van der Waals surface area contributed by atoms with Crippen LogP contribution in [0.2, 0.25) is 0 Å². The monoisotopic (exact) mass is 444 g/mol. The van der Waals surface area contributed by atoms with E-state index in [4.69, 9.17) is 19.9 Å². The minimum Gasteiger partial charge on any atom is -0.474 e. The first kappa shape index (κ1) is 23.2. The molecule has 0 spiro atoms. The van der Waals surface area contributed by atoms with Crippen molar-refractivity contribution in [3.63, 3.8) is 0 Å². The third-order valence-electron chi connectivity index (χ3n) is 4.93. The second kappa shape index (κ2) is 11.2. The van der Waals surface area contributed by atoms with Crippen LogP contribution in [0.1, 0.15) is 35.0 Å². The second-order valence-corrected chi connectivity index (χ2v) is 8.43. The van der Waals surface area contributed by atoms with Crippen LogP contribution in [-0.4, -0.2) is 60.2 Å². The van der Waals surface area contributed by atoms with Crippen LogP contribution in [-0.2, 0) is 21.4 Å². The molecule has 31 heavy (non-hydrogen) atoms. The van der Waals surface area contributed by atoms with Gasteiger partial charge in [-0.15, -0.1) is 0 Å². The third kappa shape index (κ3) is 6.75. The Labute approximate surface area is 186 Å². The molecule has 1 aliphatic heterocycles. The number of amidine groups is 1. The zero-order chi connectivity index (χ0) is 22.1. The van der Waals surface area contributed by atoms with Gasteiger partial charge >= 0.3 is 0 Å². The first-order valence-corrected chi connectivity index (χ1v) is 11.1. The van der Waals surface area contributed by atoms with Crippen molar-refractivity contribution >= 4 is 22.7 Å². The minimum atomic E-state index is -0.361. The number of hydrogen-bond acceptors (Lipinski definition) is 9. The van der Waals surface area contributed by atoms with Gasteiger partial charge in [0.15, 0.2) is 11.0 Å². The Hall–Kier alpha value is -2.49. The molecular formula is C22H28N4O4S. The minimum absolute atomic E-state index is 0.105. The highest BCUT2D eigenvalue weighted by molar-refractivity contribution is 8.13. The zero-order valence-electron chi connectivity index (χ0n) is 17.9.